The highest BCUT2D eigenvalue weighted by Crippen LogP contribution is 2.43. The van der Waals surface area contributed by atoms with Crippen LogP contribution >= 0.6 is 15.9 Å². The van der Waals surface area contributed by atoms with Gasteiger partial charge in [0.1, 0.15) is 30.0 Å². The third-order valence-corrected chi connectivity index (χ3v) is 3.33. The molecule has 1 aromatic carbocycles. The zero-order chi connectivity index (χ0) is 11.7. The SMILES string of the molecule is COc1cc(OC)c2c(c1)OCC(Br)C2O. The maximum Gasteiger partial charge on any atom is 0.132 e. The lowest BCUT2D eigenvalue weighted by atomic mass is 10.0. The van der Waals surface area contributed by atoms with Gasteiger partial charge >= 0.3 is 0 Å². The Hall–Kier alpha value is -0.940. The third-order valence-electron chi connectivity index (χ3n) is 2.57. The maximum absolute atomic E-state index is 10.1. The van der Waals surface area contributed by atoms with Crippen molar-refractivity contribution >= 4 is 15.9 Å². The highest BCUT2D eigenvalue weighted by Gasteiger charge is 2.31. The van der Waals surface area contributed by atoms with Crippen LogP contribution in [-0.2, 0) is 0 Å². The van der Waals surface area contributed by atoms with E-state index in [1.165, 1.54) is 0 Å². The topological polar surface area (TPSA) is 47.9 Å². The maximum atomic E-state index is 10.1. The Bertz CT molecular complexity index is 377. The molecule has 0 aliphatic carbocycles. The lowest BCUT2D eigenvalue weighted by Gasteiger charge is -2.28. The molecule has 1 aromatic rings. The van der Waals surface area contributed by atoms with E-state index in [9.17, 15) is 5.11 Å². The summed E-state index contributed by atoms with van der Waals surface area (Å²) in [4.78, 5) is -0.123. The summed E-state index contributed by atoms with van der Waals surface area (Å²) in [6, 6.07) is 3.48. The first-order chi connectivity index (χ1) is 7.67. The minimum atomic E-state index is -0.635. The number of benzene rings is 1. The van der Waals surface area contributed by atoms with Crippen LogP contribution in [0.1, 0.15) is 11.7 Å². The van der Waals surface area contributed by atoms with Crippen LogP contribution in [-0.4, -0.2) is 30.8 Å². The zero-order valence-electron chi connectivity index (χ0n) is 9.07. The third kappa shape index (κ3) is 1.85. The average Bonchev–Trinajstić information content (AvgIpc) is 2.32. The molecule has 16 heavy (non-hydrogen) atoms. The van der Waals surface area contributed by atoms with E-state index in [1.807, 2.05) is 0 Å². The molecule has 1 heterocycles. The summed E-state index contributed by atoms with van der Waals surface area (Å²) in [5, 5.41) is 10.1. The van der Waals surface area contributed by atoms with Crippen LogP contribution in [0.25, 0.3) is 0 Å². The lowest BCUT2D eigenvalue weighted by molar-refractivity contribution is 0.121. The number of aliphatic hydroxyl groups excluding tert-OH is 1. The van der Waals surface area contributed by atoms with E-state index in [1.54, 1.807) is 26.4 Å². The Morgan fingerprint density at radius 2 is 2.12 bits per heavy atom. The van der Waals surface area contributed by atoms with E-state index in [0.29, 0.717) is 29.4 Å². The minimum absolute atomic E-state index is 0.123. The molecule has 88 valence electrons. The molecule has 1 aliphatic rings. The first kappa shape index (κ1) is 11.5. The quantitative estimate of drug-likeness (QED) is 0.845. The number of alkyl halides is 1. The minimum Gasteiger partial charge on any atom is -0.496 e. The highest BCUT2D eigenvalue weighted by molar-refractivity contribution is 9.09. The second-order valence-electron chi connectivity index (χ2n) is 3.51. The summed E-state index contributed by atoms with van der Waals surface area (Å²) in [6.07, 6.45) is -0.635. The fourth-order valence-electron chi connectivity index (χ4n) is 1.72. The first-order valence-electron chi connectivity index (χ1n) is 4.88. The van der Waals surface area contributed by atoms with E-state index >= 15 is 0 Å². The second kappa shape index (κ2) is 4.51. The van der Waals surface area contributed by atoms with Gasteiger partial charge in [0.2, 0.25) is 0 Å². The van der Waals surface area contributed by atoms with Crippen molar-refractivity contribution in [1.29, 1.82) is 0 Å². The van der Waals surface area contributed by atoms with Gasteiger partial charge in [0.25, 0.3) is 0 Å². The number of hydrogen-bond acceptors (Lipinski definition) is 4. The summed E-state index contributed by atoms with van der Waals surface area (Å²) < 4.78 is 15.9. The first-order valence-corrected chi connectivity index (χ1v) is 5.79. The molecule has 4 nitrogen and oxygen atoms in total. The highest BCUT2D eigenvalue weighted by atomic mass is 79.9. The van der Waals surface area contributed by atoms with Crippen molar-refractivity contribution in [2.24, 2.45) is 0 Å². The van der Waals surface area contributed by atoms with Gasteiger partial charge in [0.15, 0.2) is 0 Å². The fourth-order valence-corrected chi connectivity index (χ4v) is 2.11. The molecule has 5 heteroatoms. The molecule has 1 N–H and O–H groups in total. The van der Waals surface area contributed by atoms with Crippen LogP contribution < -0.4 is 14.2 Å². The number of halogens is 1. The largest absolute Gasteiger partial charge is 0.496 e. The molecule has 0 aromatic heterocycles. The Balaban J connectivity index is 2.52. The Kier molecular flexibility index (Phi) is 3.25. The van der Waals surface area contributed by atoms with Crippen molar-refractivity contribution in [2.45, 2.75) is 10.9 Å². The molecular formula is C11H13BrO4. The van der Waals surface area contributed by atoms with Gasteiger partial charge in [-0.2, -0.15) is 0 Å². The van der Waals surface area contributed by atoms with Gasteiger partial charge in [-0.3, -0.25) is 0 Å². The monoisotopic (exact) mass is 288 g/mol. The van der Waals surface area contributed by atoms with Crippen LogP contribution in [0.15, 0.2) is 12.1 Å². The van der Waals surface area contributed by atoms with Crippen LogP contribution in [0.5, 0.6) is 17.2 Å². The van der Waals surface area contributed by atoms with E-state index in [2.05, 4.69) is 15.9 Å². The number of hydrogen-bond donors (Lipinski definition) is 1. The molecule has 2 atom stereocenters. The van der Waals surface area contributed by atoms with E-state index in [-0.39, 0.29) is 4.83 Å². The number of methoxy groups -OCH3 is 2. The number of ether oxygens (including phenoxy) is 3. The molecule has 0 spiro atoms. The van der Waals surface area contributed by atoms with Gasteiger partial charge in [0, 0.05) is 12.1 Å². The van der Waals surface area contributed by atoms with Crippen molar-refractivity contribution in [3.8, 4) is 17.2 Å². The van der Waals surface area contributed by atoms with E-state index < -0.39 is 6.10 Å². The normalized spacial score (nSPS) is 23.2. The van der Waals surface area contributed by atoms with E-state index in [0.717, 1.165) is 0 Å². The summed E-state index contributed by atoms with van der Waals surface area (Å²) in [6.45, 7) is 0.421. The zero-order valence-corrected chi connectivity index (χ0v) is 10.7. The van der Waals surface area contributed by atoms with Gasteiger partial charge in [-0.25, -0.2) is 0 Å². The lowest BCUT2D eigenvalue weighted by Crippen LogP contribution is -2.26. The van der Waals surface area contributed by atoms with Gasteiger partial charge in [-0.15, -0.1) is 0 Å². The smallest absolute Gasteiger partial charge is 0.132 e. The van der Waals surface area contributed by atoms with Gasteiger partial charge in [-0.1, -0.05) is 15.9 Å². The van der Waals surface area contributed by atoms with Crippen molar-refractivity contribution in [3.63, 3.8) is 0 Å². The Morgan fingerprint density at radius 3 is 2.75 bits per heavy atom. The predicted molar refractivity (Wildman–Crippen MR) is 62.7 cm³/mol. The van der Waals surface area contributed by atoms with Gasteiger partial charge < -0.3 is 19.3 Å². The molecule has 0 fully saturated rings. The van der Waals surface area contributed by atoms with E-state index in [4.69, 9.17) is 14.2 Å². The average molecular weight is 289 g/mol. The second-order valence-corrected chi connectivity index (χ2v) is 4.69. The molecule has 2 rings (SSSR count). The fraction of sp³-hybridized carbons (Fsp3) is 0.455. The number of aliphatic hydroxyl groups is 1. The Morgan fingerprint density at radius 1 is 1.38 bits per heavy atom. The van der Waals surface area contributed by atoms with Crippen molar-refractivity contribution in [1.82, 2.24) is 0 Å². The summed E-state index contributed by atoms with van der Waals surface area (Å²) in [5.74, 6) is 1.83. The Labute approximate surface area is 102 Å². The molecule has 2 unspecified atom stereocenters. The van der Waals surface area contributed by atoms with Crippen molar-refractivity contribution in [2.75, 3.05) is 20.8 Å². The number of fused-ring (bicyclic) bond motifs is 1. The van der Waals surface area contributed by atoms with Crippen molar-refractivity contribution < 1.29 is 19.3 Å². The van der Waals surface area contributed by atoms with Crippen LogP contribution in [0.4, 0.5) is 0 Å². The summed E-state index contributed by atoms with van der Waals surface area (Å²) >= 11 is 3.36. The standard InChI is InChI=1S/C11H13BrO4/c1-14-6-3-8(15-2)10-9(4-6)16-5-7(12)11(10)13/h3-4,7,11,13H,5H2,1-2H3. The van der Waals surface area contributed by atoms with Crippen LogP contribution in [0.3, 0.4) is 0 Å². The van der Waals surface area contributed by atoms with Gasteiger partial charge in [-0.05, 0) is 0 Å². The molecule has 0 saturated carbocycles. The molecule has 0 saturated heterocycles. The molecular weight excluding hydrogens is 276 g/mol. The summed E-state index contributed by atoms with van der Waals surface area (Å²) in [7, 11) is 3.13. The van der Waals surface area contributed by atoms with Crippen LogP contribution in [0, 0.1) is 0 Å². The van der Waals surface area contributed by atoms with Crippen molar-refractivity contribution in [3.05, 3.63) is 17.7 Å². The summed E-state index contributed by atoms with van der Waals surface area (Å²) in [5.41, 5.74) is 0.663. The predicted octanol–water partition coefficient (Wildman–Crippen LogP) is 1.89. The molecule has 0 bridgehead atoms. The van der Waals surface area contributed by atoms with Gasteiger partial charge in [0.05, 0.1) is 24.6 Å². The molecule has 0 radical (unpaired) electrons. The number of rotatable bonds is 2. The molecule has 1 aliphatic heterocycles. The van der Waals surface area contributed by atoms with Crippen LogP contribution in [0.2, 0.25) is 0 Å². The molecule has 0 amide bonds.